The van der Waals surface area contributed by atoms with E-state index in [4.69, 9.17) is 9.72 Å². The zero-order valence-electron chi connectivity index (χ0n) is 15.1. The van der Waals surface area contributed by atoms with Gasteiger partial charge >= 0.3 is 0 Å². The Bertz CT molecular complexity index is 832. The van der Waals surface area contributed by atoms with Crippen LogP contribution in [-0.2, 0) is 23.2 Å². The van der Waals surface area contributed by atoms with Crippen molar-refractivity contribution >= 4 is 0 Å². The number of ether oxygens (including phenoxy) is 1. The fourth-order valence-corrected chi connectivity index (χ4v) is 4.48. The molecule has 0 bridgehead atoms. The lowest BCUT2D eigenvalue weighted by molar-refractivity contribution is 0.0608. The lowest BCUT2D eigenvalue weighted by Crippen LogP contribution is -2.39. The summed E-state index contributed by atoms with van der Waals surface area (Å²) in [4.78, 5) is 20.9. The maximum Gasteiger partial charge on any atom is 0.259 e. The summed E-state index contributed by atoms with van der Waals surface area (Å²) in [5.41, 5.74) is 4.13. The smallest absolute Gasteiger partial charge is 0.259 e. The fraction of sp³-hybridized carbons (Fsp3) is 0.524. The van der Waals surface area contributed by atoms with Gasteiger partial charge < -0.3 is 9.72 Å². The number of nitrogens with one attached hydrogen (secondary N) is 1. The SMILES string of the molecule is CC(C)OCc1nc2c(c(=O)[nH]1)-c1ccccc1CC21CCCCC1. The lowest BCUT2D eigenvalue weighted by Gasteiger charge is -2.41. The number of aromatic amines is 1. The van der Waals surface area contributed by atoms with Crippen LogP contribution >= 0.6 is 0 Å². The van der Waals surface area contributed by atoms with E-state index in [0.717, 1.165) is 36.1 Å². The lowest BCUT2D eigenvalue weighted by atomic mass is 9.63. The number of hydrogen-bond donors (Lipinski definition) is 1. The molecule has 1 N–H and O–H groups in total. The highest BCUT2D eigenvalue weighted by atomic mass is 16.5. The molecule has 132 valence electrons. The van der Waals surface area contributed by atoms with Gasteiger partial charge in [-0.3, -0.25) is 4.79 Å². The summed E-state index contributed by atoms with van der Waals surface area (Å²) in [6.45, 7) is 4.35. The van der Waals surface area contributed by atoms with Gasteiger partial charge in [0, 0.05) is 5.41 Å². The van der Waals surface area contributed by atoms with Crippen LogP contribution in [0.2, 0.25) is 0 Å². The van der Waals surface area contributed by atoms with Gasteiger partial charge in [0.25, 0.3) is 5.56 Å². The van der Waals surface area contributed by atoms with Crippen molar-refractivity contribution in [3.05, 3.63) is 51.7 Å². The van der Waals surface area contributed by atoms with Gasteiger partial charge in [0.05, 0.1) is 17.4 Å². The number of hydrogen-bond acceptors (Lipinski definition) is 3. The number of rotatable bonds is 3. The van der Waals surface area contributed by atoms with Crippen LogP contribution in [0.4, 0.5) is 0 Å². The summed E-state index contributed by atoms with van der Waals surface area (Å²) in [6.07, 6.45) is 7.07. The second-order valence-corrected chi connectivity index (χ2v) is 7.77. The van der Waals surface area contributed by atoms with Crippen LogP contribution < -0.4 is 5.56 Å². The molecule has 0 saturated heterocycles. The molecule has 4 nitrogen and oxygen atoms in total. The Kier molecular flexibility index (Phi) is 4.24. The van der Waals surface area contributed by atoms with Crippen molar-refractivity contribution in [2.45, 2.75) is 70.5 Å². The monoisotopic (exact) mass is 338 g/mol. The van der Waals surface area contributed by atoms with E-state index < -0.39 is 0 Å². The van der Waals surface area contributed by atoms with Crippen LogP contribution in [0, 0.1) is 0 Å². The second-order valence-electron chi connectivity index (χ2n) is 7.77. The molecule has 2 aromatic rings. The summed E-state index contributed by atoms with van der Waals surface area (Å²) in [5, 5.41) is 0. The largest absolute Gasteiger partial charge is 0.371 e. The van der Waals surface area contributed by atoms with Crippen molar-refractivity contribution in [2.24, 2.45) is 0 Å². The van der Waals surface area contributed by atoms with Gasteiger partial charge in [0.1, 0.15) is 12.4 Å². The molecule has 1 heterocycles. The van der Waals surface area contributed by atoms with Crippen LogP contribution in [0.1, 0.15) is 63.0 Å². The number of fused-ring (bicyclic) bond motifs is 4. The van der Waals surface area contributed by atoms with E-state index in [1.165, 1.54) is 24.8 Å². The van der Waals surface area contributed by atoms with Crippen molar-refractivity contribution in [2.75, 3.05) is 0 Å². The van der Waals surface area contributed by atoms with Crippen LogP contribution in [0.5, 0.6) is 0 Å². The fourth-order valence-electron chi connectivity index (χ4n) is 4.48. The van der Waals surface area contributed by atoms with Crippen LogP contribution in [-0.4, -0.2) is 16.1 Å². The Morgan fingerprint density at radius 3 is 2.72 bits per heavy atom. The van der Waals surface area contributed by atoms with Gasteiger partial charge in [0.15, 0.2) is 0 Å². The molecular weight excluding hydrogens is 312 g/mol. The molecule has 2 aliphatic carbocycles. The minimum atomic E-state index is -0.0237. The first-order chi connectivity index (χ1) is 12.1. The molecule has 0 unspecified atom stereocenters. The van der Waals surface area contributed by atoms with Crippen molar-refractivity contribution in [3.8, 4) is 11.1 Å². The van der Waals surface area contributed by atoms with E-state index in [9.17, 15) is 4.79 Å². The highest BCUT2D eigenvalue weighted by molar-refractivity contribution is 5.73. The van der Waals surface area contributed by atoms with Crippen LogP contribution in [0.3, 0.4) is 0 Å². The molecule has 0 aliphatic heterocycles. The van der Waals surface area contributed by atoms with Gasteiger partial charge in [-0.05, 0) is 44.2 Å². The van der Waals surface area contributed by atoms with Gasteiger partial charge in [-0.25, -0.2) is 4.98 Å². The average molecular weight is 338 g/mol. The van der Waals surface area contributed by atoms with E-state index in [2.05, 4.69) is 23.2 Å². The molecule has 1 saturated carbocycles. The number of H-pyrrole nitrogens is 1. The predicted molar refractivity (Wildman–Crippen MR) is 98.7 cm³/mol. The Labute approximate surface area is 148 Å². The van der Waals surface area contributed by atoms with Crippen LogP contribution in [0.25, 0.3) is 11.1 Å². The Morgan fingerprint density at radius 1 is 1.20 bits per heavy atom. The summed E-state index contributed by atoms with van der Waals surface area (Å²) < 4.78 is 5.69. The molecule has 25 heavy (non-hydrogen) atoms. The topological polar surface area (TPSA) is 55.0 Å². The number of nitrogens with zero attached hydrogens (tertiary/aromatic N) is 1. The molecule has 2 aliphatic rings. The molecule has 0 radical (unpaired) electrons. The van der Waals surface area contributed by atoms with Gasteiger partial charge in [0.2, 0.25) is 0 Å². The molecule has 0 atom stereocenters. The Balaban J connectivity index is 1.88. The zero-order valence-corrected chi connectivity index (χ0v) is 15.1. The van der Waals surface area contributed by atoms with Gasteiger partial charge in [-0.2, -0.15) is 0 Å². The third-order valence-corrected chi connectivity index (χ3v) is 5.65. The number of aromatic nitrogens is 2. The summed E-state index contributed by atoms with van der Waals surface area (Å²) in [6, 6.07) is 8.32. The minimum Gasteiger partial charge on any atom is -0.371 e. The highest BCUT2D eigenvalue weighted by Gasteiger charge is 2.42. The summed E-state index contributed by atoms with van der Waals surface area (Å²) in [7, 11) is 0. The molecule has 1 aromatic carbocycles. The Hall–Kier alpha value is -1.94. The maximum atomic E-state index is 13.0. The molecule has 0 amide bonds. The van der Waals surface area contributed by atoms with Crippen molar-refractivity contribution in [1.82, 2.24) is 9.97 Å². The summed E-state index contributed by atoms with van der Waals surface area (Å²) in [5.74, 6) is 0.654. The van der Waals surface area contributed by atoms with E-state index in [-0.39, 0.29) is 17.1 Å². The summed E-state index contributed by atoms with van der Waals surface area (Å²) >= 11 is 0. The molecule has 1 spiro atoms. The maximum absolute atomic E-state index is 13.0. The number of benzene rings is 1. The minimum absolute atomic E-state index is 0.0166. The zero-order chi connectivity index (χ0) is 17.4. The van der Waals surface area contributed by atoms with E-state index >= 15 is 0 Å². The molecule has 1 fully saturated rings. The molecule has 4 heteroatoms. The first-order valence-corrected chi connectivity index (χ1v) is 9.43. The molecule has 1 aromatic heterocycles. The van der Waals surface area contributed by atoms with E-state index in [1.54, 1.807) is 0 Å². The second kappa shape index (κ2) is 6.41. The average Bonchev–Trinajstić information content (AvgIpc) is 2.61. The molecular formula is C21H26N2O2. The van der Waals surface area contributed by atoms with Gasteiger partial charge in [-0.15, -0.1) is 0 Å². The van der Waals surface area contributed by atoms with E-state index in [1.807, 2.05) is 19.9 Å². The normalized spacial score (nSPS) is 18.2. The van der Waals surface area contributed by atoms with Crippen LogP contribution in [0.15, 0.2) is 29.1 Å². The standard InChI is InChI=1S/C21H26N2O2/c1-14(2)25-13-17-22-19-18(20(24)23-17)16-9-5-4-8-15(16)12-21(19)10-6-3-7-11-21/h4-5,8-9,14H,3,6-7,10-13H2,1-2H3,(H,22,23,24). The van der Waals surface area contributed by atoms with Crippen molar-refractivity contribution in [3.63, 3.8) is 0 Å². The predicted octanol–water partition coefficient (Wildman–Crippen LogP) is 4.12. The highest BCUT2D eigenvalue weighted by Crippen LogP contribution is 2.48. The quantitative estimate of drug-likeness (QED) is 0.916. The van der Waals surface area contributed by atoms with Crippen molar-refractivity contribution in [1.29, 1.82) is 0 Å². The van der Waals surface area contributed by atoms with E-state index in [0.29, 0.717) is 12.4 Å². The van der Waals surface area contributed by atoms with Gasteiger partial charge in [-0.1, -0.05) is 43.5 Å². The Morgan fingerprint density at radius 2 is 1.96 bits per heavy atom. The van der Waals surface area contributed by atoms with Crippen molar-refractivity contribution < 1.29 is 4.74 Å². The molecule has 4 rings (SSSR count). The third-order valence-electron chi connectivity index (χ3n) is 5.65. The first-order valence-electron chi connectivity index (χ1n) is 9.43. The third kappa shape index (κ3) is 2.93. The first kappa shape index (κ1) is 16.5.